The summed E-state index contributed by atoms with van der Waals surface area (Å²) >= 11 is 1.45. The summed E-state index contributed by atoms with van der Waals surface area (Å²) in [4.78, 5) is 43.5. The zero-order valence-corrected chi connectivity index (χ0v) is 17.1. The van der Waals surface area contributed by atoms with Crippen LogP contribution >= 0.6 is 11.3 Å². The maximum atomic E-state index is 12.8. The standard InChI is InChI=1S/C19H28N4O3S/c1-14(2)6-7-19(3)17(25)23(18(26)20-19)13-21-8-10-22(11-9-21)16(24)15-5-4-12-27-15/h4-5,12,14H,6-11,13H2,1-3H3,(H,20,26)/t19-/m1/s1. The fourth-order valence-electron chi connectivity index (χ4n) is 3.47. The van der Waals surface area contributed by atoms with Crippen LogP contribution in [0, 0.1) is 5.92 Å². The van der Waals surface area contributed by atoms with Crippen LogP contribution in [0.4, 0.5) is 4.79 Å². The Bertz CT molecular complexity index is 698. The second-order valence-electron chi connectivity index (χ2n) is 7.96. The summed E-state index contributed by atoms with van der Waals surface area (Å²) in [5, 5.41) is 4.77. The van der Waals surface area contributed by atoms with E-state index in [9.17, 15) is 14.4 Å². The molecule has 0 saturated carbocycles. The second kappa shape index (κ2) is 7.98. The van der Waals surface area contributed by atoms with Gasteiger partial charge in [-0.15, -0.1) is 11.3 Å². The van der Waals surface area contributed by atoms with Crippen molar-refractivity contribution in [2.75, 3.05) is 32.8 Å². The molecule has 1 N–H and O–H groups in total. The number of carbonyl (C=O) groups excluding carboxylic acids is 3. The first-order valence-corrected chi connectivity index (χ1v) is 10.4. The minimum absolute atomic E-state index is 0.0564. The Morgan fingerprint density at radius 1 is 1.26 bits per heavy atom. The van der Waals surface area contributed by atoms with E-state index in [4.69, 9.17) is 0 Å². The fourth-order valence-corrected chi connectivity index (χ4v) is 4.16. The van der Waals surface area contributed by atoms with Gasteiger partial charge in [-0.1, -0.05) is 19.9 Å². The topological polar surface area (TPSA) is 73.0 Å². The van der Waals surface area contributed by atoms with Crippen LogP contribution in [0.5, 0.6) is 0 Å². The molecule has 7 nitrogen and oxygen atoms in total. The molecule has 3 heterocycles. The first-order valence-electron chi connectivity index (χ1n) is 9.49. The van der Waals surface area contributed by atoms with Crippen LogP contribution in [0.15, 0.2) is 17.5 Å². The molecule has 0 radical (unpaired) electrons. The number of nitrogens with one attached hydrogen (secondary N) is 1. The first kappa shape index (κ1) is 19.8. The van der Waals surface area contributed by atoms with Crippen molar-refractivity contribution in [1.82, 2.24) is 20.0 Å². The number of nitrogens with zero attached hydrogens (tertiary/aromatic N) is 3. The minimum Gasteiger partial charge on any atom is -0.335 e. The van der Waals surface area contributed by atoms with Crippen LogP contribution in [-0.2, 0) is 4.79 Å². The van der Waals surface area contributed by atoms with Gasteiger partial charge in [0.25, 0.3) is 11.8 Å². The van der Waals surface area contributed by atoms with Crippen LogP contribution in [0.1, 0.15) is 43.3 Å². The maximum Gasteiger partial charge on any atom is 0.326 e. The Morgan fingerprint density at radius 2 is 1.96 bits per heavy atom. The highest BCUT2D eigenvalue weighted by Crippen LogP contribution is 2.25. The van der Waals surface area contributed by atoms with E-state index in [0.29, 0.717) is 38.5 Å². The molecule has 4 amide bonds. The molecule has 0 unspecified atom stereocenters. The Hall–Kier alpha value is -1.93. The van der Waals surface area contributed by atoms with E-state index in [1.807, 2.05) is 29.3 Å². The van der Waals surface area contributed by atoms with E-state index in [-0.39, 0.29) is 24.5 Å². The molecule has 2 saturated heterocycles. The molecule has 2 fully saturated rings. The van der Waals surface area contributed by atoms with Crippen molar-refractivity contribution in [3.8, 4) is 0 Å². The molecule has 2 aliphatic rings. The fraction of sp³-hybridized carbons (Fsp3) is 0.632. The van der Waals surface area contributed by atoms with Crippen LogP contribution < -0.4 is 5.32 Å². The molecular weight excluding hydrogens is 364 g/mol. The SMILES string of the molecule is CC(C)CC[C@@]1(C)NC(=O)N(CN2CCN(C(=O)c3cccs3)CC2)C1=O. The molecule has 1 aromatic heterocycles. The Balaban J connectivity index is 1.53. The summed E-state index contributed by atoms with van der Waals surface area (Å²) < 4.78 is 0. The zero-order valence-electron chi connectivity index (χ0n) is 16.2. The van der Waals surface area contributed by atoms with Gasteiger partial charge in [0.2, 0.25) is 0 Å². The van der Waals surface area contributed by atoms with Crippen molar-refractivity contribution in [1.29, 1.82) is 0 Å². The molecule has 2 aliphatic heterocycles. The van der Waals surface area contributed by atoms with Gasteiger partial charge in [0.15, 0.2) is 0 Å². The average molecular weight is 393 g/mol. The van der Waals surface area contributed by atoms with Gasteiger partial charge in [-0.25, -0.2) is 9.69 Å². The van der Waals surface area contributed by atoms with Gasteiger partial charge in [-0.2, -0.15) is 0 Å². The number of carbonyl (C=O) groups is 3. The normalized spacial score (nSPS) is 24.0. The van der Waals surface area contributed by atoms with Gasteiger partial charge >= 0.3 is 6.03 Å². The van der Waals surface area contributed by atoms with E-state index in [0.717, 1.165) is 11.3 Å². The molecule has 1 atom stereocenters. The van der Waals surface area contributed by atoms with Crippen molar-refractivity contribution in [2.45, 2.75) is 39.2 Å². The van der Waals surface area contributed by atoms with Crippen LogP contribution in [0.3, 0.4) is 0 Å². The highest BCUT2D eigenvalue weighted by Gasteiger charge is 2.47. The minimum atomic E-state index is -0.807. The molecule has 0 aromatic carbocycles. The molecule has 3 rings (SSSR count). The van der Waals surface area contributed by atoms with Crippen molar-refractivity contribution in [2.24, 2.45) is 5.92 Å². The first-order chi connectivity index (χ1) is 12.8. The molecular formula is C19H28N4O3S. The highest BCUT2D eigenvalue weighted by atomic mass is 32.1. The van der Waals surface area contributed by atoms with Crippen LogP contribution in [-0.4, -0.2) is 70.9 Å². The number of piperazine rings is 1. The van der Waals surface area contributed by atoms with Crippen molar-refractivity contribution in [3.63, 3.8) is 0 Å². The van der Waals surface area contributed by atoms with Crippen LogP contribution in [0.25, 0.3) is 0 Å². The third-order valence-corrected chi connectivity index (χ3v) is 6.16. The zero-order chi connectivity index (χ0) is 19.6. The highest BCUT2D eigenvalue weighted by molar-refractivity contribution is 7.12. The summed E-state index contributed by atoms with van der Waals surface area (Å²) in [5.74, 6) is 0.390. The van der Waals surface area contributed by atoms with E-state index in [1.165, 1.54) is 16.2 Å². The quantitative estimate of drug-likeness (QED) is 0.754. The van der Waals surface area contributed by atoms with Gasteiger partial charge in [0.05, 0.1) is 11.5 Å². The number of rotatable bonds is 6. The number of hydrogen-bond acceptors (Lipinski definition) is 5. The van der Waals surface area contributed by atoms with Crippen LogP contribution in [0.2, 0.25) is 0 Å². The van der Waals surface area contributed by atoms with Crippen molar-refractivity contribution >= 4 is 29.2 Å². The largest absolute Gasteiger partial charge is 0.335 e. The predicted molar refractivity (Wildman–Crippen MR) is 105 cm³/mol. The van der Waals surface area contributed by atoms with Crippen molar-refractivity contribution < 1.29 is 14.4 Å². The molecule has 0 bridgehead atoms. The van der Waals surface area contributed by atoms with Crippen molar-refractivity contribution in [3.05, 3.63) is 22.4 Å². The lowest BCUT2D eigenvalue weighted by molar-refractivity contribution is -0.132. The summed E-state index contributed by atoms with van der Waals surface area (Å²) in [6, 6.07) is 3.40. The third kappa shape index (κ3) is 4.32. The van der Waals surface area contributed by atoms with Gasteiger partial charge in [-0.05, 0) is 37.1 Å². The van der Waals surface area contributed by atoms with Gasteiger partial charge in [0.1, 0.15) is 5.54 Å². The molecule has 27 heavy (non-hydrogen) atoms. The van der Waals surface area contributed by atoms with Gasteiger partial charge < -0.3 is 10.2 Å². The second-order valence-corrected chi connectivity index (χ2v) is 8.90. The predicted octanol–water partition coefficient (Wildman–Crippen LogP) is 2.21. The number of hydrogen-bond donors (Lipinski definition) is 1. The molecule has 0 spiro atoms. The Labute approximate surface area is 164 Å². The number of urea groups is 1. The number of amides is 4. The smallest absolute Gasteiger partial charge is 0.326 e. The van der Waals surface area contributed by atoms with E-state index in [2.05, 4.69) is 24.1 Å². The lowest BCUT2D eigenvalue weighted by atomic mass is 9.92. The molecule has 148 valence electrons. The van der Waals surface area contributed by atoms with E-state index >= 15 is 0 Å². The third-order valence-electron chi connectivity index (χ3n) is 5.30. The van der Waals surface area contributed by atoms with E-state index in [1.54, 1.807) is 0 Å². The van der Waals surface area contributed by atoms with Gasteiger partial charge in [-0.3, -0.25) is 14.5 Å². The number of thiophene rings is 1. The average Bonchev–Trinajstić information content (AvgIpc) is 3.24. The molecule has 8 heteroatoms. The number of imide groups is 1. The van der Waals surface area contributed by atoms with E-state index < -0.39 is 5.54 Å². The Morgan fingerprint density at radius 3 is 2.56 bits per heavy atom. The summed E-state index contributed by atoms with van der Waals surface area (Å²) in [5.41, 5.74) is -0.807. The maximum absolute atomic E-state index is 12.8. The Kier molecular flexibility index (Phi) is 5.86. The van der Waals surface area contributed by atoms with Gasteiger partial charge in [0, 0.05) is 26.2 Å². The molecule has 1 aromatic rings. The lowest BCUT2D eigenvalue weighted by Gasteiger charge is -2.36. The summed E-state index contributed by atoms with van der Waals surface area (Å²) in [6.45, 7) is 8.82. The summed E-state index contributed by atoms with van der Waals surface area (Å²) in [7, 11) is 0. The lowest BCUT2D eigenvalue weighted by Crippen LogP contribution is -2.53. The summed E-state index contributed by atoms with van der Waals surface area (Å²) in [6.07, 6.45) is 1.54. The monoisotopic (exact) mass is 392 g/mol. The molecule has 0 aliphatic carbocycles.